The standard InChI is InChI=1S/C8H6N2O2.C7H7NO3/c9-4-3-7(11)6-1-2-8(12)10-5-6;1-11-7(10)5-2-3-6(9)8-4-5/h1-2,5H,3H2,(H,10,12);2-4H,1H3,(H,8,9). The van der Waals surface area contributed by atoms with E-state index in [0.29, 0.717) is 11.1 Å². The van der Waals surface area contributed by atoms with Crippen LogP contribution in [0.5, 0.6) is 0 Å². The summed E-state index contributed by atoms with van der Waals surface area (Å²) >= 11 is 0. The van der Waals surface area contributed by atoms with Gasteiger partial charge in [0.05, 0.1) is 25.2 Å². The minimum absolute atomic E-state index is 0.161. The Morgan fingerprint density at radius 1 is 1.04 bits per heavy atom. The van der Waals surface area contributed by atoms with Gasteiger partial charge in [0.2, 0.25) is 11.1 Å². The van der Waals surface area contributed by atoms with Crippen molar-refractivity contribution in [2.75, 3.05) is 7.11 Å². The quantitative estimate of drug-likeness (QED) is 0.630. The van der Waals surface area contributed by atoms with Crippen LogP contribution in [0.15, 0.2) is 46.2 Å². The molecule has 0 saturated carbocycles. The SMILES string of the molecule is COC(=O)c1ccc(=O)[nH]c1.N#CCC(=O)c1ccc(=O)[nH]c1. The van der Waals surface area contributed by atoms with Gasteiger partial charge < -0.3 is 14.7 Å². The first-order chi connectivity index (χ1) is 11.0. The van der Waals surface area contributed by atoms with E-state index in [9.17, 15) is 19.2 Å². The first-order valence-electron chi connectivity index (χ1n) is 6.34. The number of nitriles is 1. The van der Waals surface area contributed by atoms with E-state index < -0.39 is 5.97 Å². The van der Waals surface area contributed by atoms with Crippen molar-refractivity contribution >= 4 is 11.8 Å². The molecule has 0 radical (unpaired) electrons. The van der Waals surface area contributed by atoms with E-state index in [2.05, 4.69) is 14.7 Å². The molecule has 0 saturated heterocycles. The summed E-state index contributed by atoms with van der Waals surface area (Å²) < 4.78 is 4.42. The summed E-state index contributed by atoms with van der Waals surface area (Å²) in [6, 6.07) is 7.07. The number of ether oxygens (including phenoxy) is 1. The van der Waals surface area contributed by atoms with Crippen molar-refractivity contribution in [1.82, 2.24) is 9.97 Å². The minimum Gasteiger partial charge on any atom is -0.465 e. The van der Waals surface area contributed by atoms with E-state index in [1.807, 2.05) is 0 Å². The number of hydrogen-bond acceptors (Lipinski definition) is 6. The highest BCUT2D eigenvalue weighted by molar-refractivity contribution is 5.96. The molecule has 0 aliphatic carbocycles. The second-order valence-electron chi connectivity index (χ2n) is 4.13. The predicted molar refractivity (Wildman–Crippen MR) is 80.0 cm³/mol. The largest absolute Gasteiger partial charge is 0.465 e. The third kappa shape index (κ3) is 5.81. The summed E-state index contributed by atoms with van der Waals surface area (Å²) in [5, 5.41) is 8.21. The van der Waals surface area contributed by atoms with Crippen molar-refractivity contribution in [1.29, 1.82) is 5.26 Å². The molecular formula is C15H13N3O5. The molecule has 2 aromatic rings. The highest BCUT2D eigenvalue weighted by atomic mass is 16.5. The van der Waals surface area contributed by atoms with Crippen LogP contribution in [0.4, 0.5) is 0 Å². The second kappa shape index (κ2) is 8.74. The smallest absolute Gasteiger partial charge is 0.339 e. The van der Waals surface area contributed by atoms with Crippen LogP contribution in [0.2, 0.25) is 0 Å². The van der Waals surface area contributed by atoms with Crippen molar-refractivity contribution in [2.24, 2.45) is 0 Å². The summed E-state index contributed by atoms with van der Waals surface area (Å²) in [5.74, 6) is -0.741. The molecule has 0 spiro atoms. The lowest BCUT2D eigenvalue weighted by molar-refractivity contribution is 0.0600. The zero-order chi connectivity index (χ0) is 17.2. The molecule has 0 fully saturated rings. The highest BCUT2D eigenvalue weighted by Crippen LogP contribution is 1.97. The summed E-state index contributed by atoms with van der Waals surface area (Å²) in [4.78, 5) is 47.6. The van der Waals surface area contributed by atoms with E-state index in [1.165, 1.54) is 43.8 Å². The van der Waals surface area contributed by atoms with E-state index in [4.69, 9.17) is 5.26 Å². The molecule has 118 valence electrons. The Morgan fingerprint density at radius 2 is 1.57 bits per heavy atom. The molecule has 2 rings (SSSR count). The molecule has 0 amide bonds. The Bertz CT molecular complexity index is 804. The number of nitrogens with zero attached hydrogens (tertiary/aromatic N) is 1. The van der Waals surface area contributed by atoms with Crippen molar-refractivity contribution < 1.29 is 14.3 Å². The Morgan fingerprint density at radius 3 is 1.96 bits per heavy atom. The molecule has 0 unspecified atom stereocenters. The lowest BCUT2D eigenvalue weighted by Crippen LogP contribution is -2.07. The number of pyridine rings is 2. The van der Waals surface area contributed by atoms with Crippen molar-refractivity contribution in [3.05, 3.63) is 68.5 Å². The molecule has 0 bridgehead atoms. The maximum Gasteiger partial charge on any atom is 0.339 e. The number of hydrogen-bond donors (Lipinski definition) is 2. The minimum atomic E-state index is -0.457. The van der Waals surface area contributed by atoms with Crippen LogP contribution in [0.3, 0.4) is 0 Å². The van der Waals surface area contributed by atoms with Crippen molar-refractivity contribution in [2.45, 2.75) is 6.42 Å². The fourth-order valence-corrected chi connectivity index (χ4v) is 1.41. The van der Waals surface area contributed by atoms with Crippen LogP contribution < -0.4 is 11.1 Å². The van der Waals surface area contributed by atoms with Gasteiger partial charge in [-0.25, -0.2) is 4.79 Å². The van der Waals surface area contributed by atoms with Crippen LogP contribution in [-0.4, -0.2) is 28.8 Å². The summed E-state index contributed by atoms with van der Waals surface area (Å²) in [5.41, 5.74) is 0.199. The summed E-state index contributed by atoms with van der Waals surface area (Å²) in [6.45, 7) is 0. The monoisotopic (exact) mass is 315 g/mol. The number of aromatic nitrogens is 2. The van der Waals surface area contributed by atoms with Crippen LogP contribution in [0.25, 0.3) is 0 Å². The number of carbonyl (C=O) groups excluding carboxylic acids is 2. The molecule has 2 heterocycles. The lowest BCUT2D eigenvalue weighted by Gasteiger charge is -1.95. The van der Waals surface area contributed by atoms with Crippen molar-refractivity contribution in [3.63, 3.8) is 0 Å². The van der Waals surface area contributed by atoms with E-state index in [-0.39, 0.29) is 23.3 Å². The maximum absolute atomic E-state index is 11.0. The number of esters is 1. The van der Waals surface area contributed by atoms with Crippen LogP contribution in [-0.2, 0) is 4.74 Å². The Labute approximate surface area is 130 Å². The molecule has 0 aromatic carbocycles. The highest BCUT2D eigenvalue weighted by Gasteiger charge is 2.03. The number of Topliss-reactive ketones (excluding diaryl/α,β-unsaturated/α-hetero) is 1. The third-order valence-electron chi connectivity index (χ3n) is 2.55. The predicted octanol–water partition coefficient (Wildman–Crippen LogP) is 0.633. The topological polar surface area (TPSA) is 133 Å². The number of ketones is 1. The van der Waals surface area contributed by atoms with Gasteiger partial charge in [-0.3, -0.25) is 14.4 Å². The van der Waals surface area contributed by atoms with Crippen LogP contribution in [0, 0.1) is 11.3 Å². The van der Waals surface area contributed by atoms with Gasteiger partial charge in [-0.05, 0) is 12.1 Å². The zero-order valence-electron chi connectivity index (χ0n) is 12.2. The summed E-state index contributed by atoms with van der Waals surface area (Å²) in [7, 11) is 1.29. The lowest BCUT2D eigenvalue weighted by atomic mass is 10.1. The van der Waals surface area contributed by atoms with Crippen LogP contribution >= 0.6 is 0 Å². The van der Waals surface area contributed by atoms with Gasteiger partial charge >= 0.3 is 5.97 Å². The fourth-order valence-electron chi connectivity index (χ4n) is 1.41. The second-order valence-corrected chi connectivity index (χ2v) is 4.13. The normalized spacial score (nSPS) is 9.04. The van der Waals surface area contributed by atoms with Crippen LogP contribution in [0.1, 0.15) is 27.1 Å². The Balaban J connectivity index is 0.000000231. The van der Waals surface area contributed by atoms with Gasteiger partial charge in [-0.15, -0.1) is 0 Å². The molecule has 2 aromatic heterocycles. The molecule has 8 heteroatoms. The van der Waals surface area contributed by atoms with E-state index in [0.717, 1.165) is 0 Å². The molecule has 0 aliphatic rings. The number of nitrogens with one attached hydrogen (secondary N) is 2. The van der Waals surface area contributed by atoms with E-state index >= 15 is 0 Å². The van der Waals surface area contributed by atoms with Gasteiger partial charge in [0.15, 0.2) is 5.78 Å². The van der Waals surface area contributed by atoms with Gasteiger partial charge in [0.25, 0.3) is 0 Å². The molecule has 0 atom stereocenters. The molecule has 23 heavy (non-hydrogen) atoms. The molecule has 2 N–H and O–H groups in total. The molecule has 0 aliphatic heterocycles. The van der Waals surface area contributed by atoms with Gasteiger partial charge in [0.1, 0.15) is 0 Å². The number of aromatic amines is 2. The molecular weight excluding hydrogens is 302 g/mol. The number of methoxy groups -OCH3 is 1. The third-order valence-corrected chi connectivity index (χ3v) is 2.55. The average molecular weight is 315 g/mol. The molecule has 8 nitrogen and oxygen atoms in total. The summed E-state index contributed by atoms with van der Waals surface area (Å²) in [6.07, 6.45) is 2.46. The zero-order valence-corrected chi connectivity index (χ0v) is 12.2. The van der Waals surface area contributed by atoms with Crippen molar-refractivity contribution in [3.8, 4) is 6.07 Å². The fraction of sp³-hybridized carbons (Fsp3) is 0.133. The Hall–Kier alpha value is -3.47. The first kappa shape index (κ1) is 17.6. The number of rotatable bonds is 3. The number of carbonyl (C=O) groups is 2. The first-order valence-corrected chi connectivity index (χ1v) is 6.34. The average Bonchev–Trinajstić information content (AvgIpc) is 2.56. The Kier molecular flexibility index (Phi) is 6.68. The van der Waals surface area contributed by atoms with Gasteiger partial charge in [0, 0.05) is 30.1 Å². The van der Waals surface area contributed by atoms with Gasteiger partial charge in [-0.1, -0.05) is 0 Å². The number of H-pyrrole nitrogens is 2. The van der Waals surface area contributed by atoms with E-state index in [1.54, 1.807) is 6.07 Å². The maximum atomic E-state index is 11.0. The van der Waals surface area contributed by atoms with Gasteiger partial charge in [-0.2, -0.15) is 5.26 Å².